The monoisotopic (exact) mass is 348 g/mol. The highest BCUT2D eigenvalue weighted by Crippen LogP contribution is 2.40. The molecule has 0 bridgehead atoms. The molecule has 4 heterocycles. The predicted molar refractivity (Wildman–Crippen MR) is 96.1 cm³/mol. The largest absolute Gasteiger partial charge is 0.375 e. The summed E-state index contributed by atoms with van der Waals surface area (Å²) in [5.74, 6) is 0.787. The quantitative estimate of drug-likeness (QED) is 0.838. The summed E-state index contributed by atoms with van der Waals surface area (Å²) in [4.78, 5) is 17.0. The van der Waals surface area contributed by atoms with Crippen molar-refractivity contribution in [3.63, 3.8) is 0 Å². The second kappa shape index (κ2) is 7.14. The third kappa shape index (κ3) is 3.68. The molecule has 1 aromatic heterocycles. The molecule has 1 atom stereocenters. The Morgan fingerprint density at radius 3 is 2.75 bits per heavy atom. The van der Waals surface area contributed by atoms with Crippen molar-refractivity contribution in [3.8, 4) is 0 Å². The average Bonchev–Trinajstić information content (AvgIpc) is 3.33. The zero-order chi connectivity index (χ0) is 16.4. The van der Waals surface area contributed by atoms with Crippen LogP contribution in [-0.4, -0.2) is 54.1 Å². The minimum atomic E-state index is 0.0566. The van der Waals surface area contributed by atoms with Crippen molar-refractivity contribution in [2.75, 3.05) is 32.8 Å². The van der Waals surface area contributed by atoms with Gasteiger partial charge in [0, 0.05) is 39.1 Å². The first-order chi connectivity index (χ1) is 11.7. The first-order valence-electron chi connectivity index (χ1n) is 9.38. The van der Waals surface area contributed by atoms with Crippen LogP contribution < -0.4 is 0 Å². The molecule has 3 saturated heterocycles. The first-order valence-corrected chi connectivity index (χ1v) is 10.3. The molecular formula is C19H28N2O2S. The van der Waals surface area contributed by atoms with E-state index in [1.807, 2.05) is 0 Å². The molecule has 132 valence electrons. The highest BCUT2D eigenvalue weighted by Gasteiger charge is 2.43. The van der Waals surface area contributed by atoms with Crippen molar-refractivity contribution >= 4 is 17.2 Å². The van der Waals surface area contributed by atoms with Crippen molar-refractivity contribution in [1.82, 2.24) is 9.80 Å². The smallest absolute Gasteiger partial charge is 0.222 e. The van der Waals surface area contributed by atoms with Crippen LogP contribution in [0.2, 0.25) is 0 Å². The third-order valence-corrected chi connectivity index (χ3v) is 6.69. The van der Waals surface area contributed by atoms with Crippen LogP contribution >= 0.6 is 11.3 Å². The first kappa shape index (κ1) is 16.6. The lowest BCUT2D eigenvalue weighted by Gasteiger charge is -2.38. The van der Waals surface area contributed by atoms with Crippen molar-refractivity contribution in [3.05, 3.63) is 22.4 Å². The Morgan fingerprint density at radius 1 is 1.25 bits per heavy atom. The molecule has 3 fully saturated rings. The number of likely N-dealkylation sites (tertiary alicyclic amines) is 2. The number of hydrogen-bond acceptors (Lipinski definition) is 4. The van der Waals surface area contributed by atoms with Crippen LogP contribution in [0.25, 0.3) is 0 Å². The van der Waals surface area contributed by atoms with Gasteiger partial charge in [-0.05, 0) is 60.4 Å². The Bertz CT molecular complexity index is 546. The zero-order valence-corrected chi connectivity index (χ0v) is 15.2. The van der Waals surface area contributed by atoms with Crippen LogP contribution in [0.3, 0.4) is 0 Å². The van der Waals surface area contributed by atoms with Gasteiger partial charge >= 0.3 is 0 Å². The highest BCUT2D eigenvalue weighted by molar-refractivity contribution is 7.07. The summed E-state index contributed by atoms with van der Waals surface area (Å²) in [5, 5.41) is 4.40. The normalized spacial score (nSPS) is 27.2. The van der Waals surface area contributed by atoms with Crippen molar-refractivity contribution in [1.29, 1.82) is 0 Å². The summed E-state index contributed by atoms with van der Waals surface area (Å²) in [6.45, 7) is 6.01. The van der Waals surface area contributed by atoms with Gasteiger partial charge in [-0.15, -0.1) is 0 Å². The van der Waals surface area contributed by atoms with Gasteiger partial charge in [0.05, 0.1) is 12.2 Å². The van der Waals surface area contributed by atoms with Crippen molar-refractivity contribution in [2.45, 2.75) is 50.7 Å². The van der Waals surface area contributed by atoms with Crippen LogP contribution in [0.4, 0.5) is 0 Å². The van der Waals surface area contributed by atoms with Gasteiger partial charge in [0.2, 0.25) is 5.91 Å². The Balaban J connectivity index is 1.25. The van der Waals surface area contributed by atoms with Crippen LogP contribution in [0, 0.1) is 5.92 Å². The Labute approximate surface area is 148 Å². The summed E-state index contributed by atoms with van der Waals surface area (Å²) in [6, 6.07) is 2.22. The fourth-order valence-corrected chi connectivity index (χ4v) is 5.18. The number of rotatable bonds is 4. The molecule has 0 N–H and O–H groups in total. The molecule has 0 saturated carbocycles. The Morgan fingerprint density at radius 2 is 2.04 bits per heavy atom. The van der Waals surface area contributed by atoms with Crippen LogP contribution in [-0.2, 0) is 16.1 Å². The van der Waals surface area contributed by atoms with E-state index in [1.54, 1.807) is 11.3 Å². The van der Waals surface area contributed by atoms with Crippen molar-refractivity contribution in [2.24, 2.45) is 5.92 Å². The number of hydrogen-bond donors (Lipinski definition) is 0. The molecule has 4 nitrogen and oxygen atoms in total. The molecule has 0 aromatic carbocycles. The number of ether oxygens (including phenoxy) is 1. The molecule has 3 aliphatic rings. The fourth-order valence-electron chi connectivity index (χ4n) is 4.52. The van der Waals surface area contributed by atoms with Gasteiger partial charge in [0.15, 0.2) is 0 Å². The fraction of sp³-hybridized carbons (Fsp3) is 0.737. The third-order valence-electron chi connectivity index (χ3n) is 5.96. The van der Waals surface area contributed by atoms with E-state index in [1.165, 1.54) is 18.4 Å². The maximum absolute atomic E-state index is 12.4. The van der Waals surface area contributed by atoms with E-state index in [2.05, 4.69) is 26.6 Å². The molecule has 1 amide bonds. The van der Waals surface area contributed by atoms with E-state index in [0.717, 1.165) is 58.6 Å². The van der Waals surface area contributed by atoms with Gasteiger partial charge in [-0.2, -0.15) is 11.3 Å². The number of carbonyl (C=O) groups is 1. The van der Waals surface area contributed by atoms with Gasteiger partial charge in [-0.1, -0.05) is 0 Å². The molecule has 1 aromatic rings. The van der Waals surface area contributed by atoms with E-state index in [-0.39, 0.29) is 5.60 Å². The van der Waals surface area contributed by atoms with E-state index in [4.69, 9.17) is 4.74 Å². The number of nitrogens with zero attached hydrogens (tertiary/aromatic N) is 2. The lowest BCUT2D eigenvalue weighted by atomic mass is 9.84. The van der Waals surface area contributed by atoms with E-state index >= 15 is 0 Å². The van der Waals surface area contributed by atoms with E-state index in [9.17, 15) is 4.79 Å². The number of carbonyl (C=O) groups excluding carboxylic acids is 1. The summed E-state index contributed by atoms with van der Waals surface area (Å²) in [6.07, 6.45) is 6.37. The SMILES string of the molecule is O=C(C[C@H]1COC2(CCN(Cc3ccsc3)CC2)C1)N1CCCC1. The van der Waals surface area contributed by atoms with Gasteiger partial charge in [0.25, 0.3) is 0 Å². The standard InChI is InChI=1S/C19H28N2O2S/c22-18(21-6-1-2-7-21)11-17-12-19(23-14-17)4-8-20(9-5-19)13-16-3-10-24-15-16/h3,10,15,17H,1-2,4-9,11-14H2/t17-/m1/s1. The molecular weight excluding hydrogens is 320 g/mol. The summed E-state index contributed by atoms with van der Waals surface area (Å²) in [7, 11) is 0. The average molecular weight is 349 g/mol. The molecule has 1 spiro atoms. The molecule has 24 heavy (non-hydrogen) atoms. The van der Waals surface area contributed by atoms with Crippen molar-refractivity contribution < 1.29 is 9.53 Å². The Hall–Kier alpha value is -0.910. The lowest BCUT2D eigenvalue weighted by Crippen LogP contribution is -2.43. The van der Waals surface area contributed by atoms with Gasteiger partial charge in [-0.25, -0.2) is 0 Å². The van der Waals surface area contributed by atoms with Crippen LogP contribution in [0.5, 0.6) is 0 Å². The summed E-state index contributed by atoms with van der Waals surface area (Å²) < 4.78 is 6.25. The molecule has 5 heteroatoms. The lowest BCUT2D eigenvalue weighted by molar-refractivity contribution is -0.131. The number of piperidine rings is 1. The van der Waals surface area contributed by atoms with Gasteiger partial charge < -0.3 is 9.64 Å². The molecule has 0 aliphatic carbocycles. The zero-order valence-electron chi connectivity index (χ0n) is 14.4. The minimum Gasteiger partial charge on any atom is -0.375 e. The maximum Gasteiger partial charge on any atom is 0.222 e. The van der Waals surface area contributed by atoms with Crippen LogP contribution in [0.1, 0.15) is 44.1 Å². The highest BCUT2D eigenvalue weighted by atomic mass is 32.1. The second-order valence-corrected chi connectivity index (χ2v) is 8.54. The topological polar surface area (TPSA) is 32.8 Å². The molecule has 4 rings (SSSR count). The number of amides is 1. The maximum atomic E-state index is 12.4. The predicted octanol–water partition coefficient (Wildman–Crippen LogP) is 3.13. The summed E-state index contributed by atoms with van der Waals surface area (Å²) >= 11 is 1.78. The minimum absolute atomic E-state index is 0.0566. The number of thiophene rings is 1. The molecule has 0 radical (unpaired) electrons. The summed E-state index contributed by atoms with van der Waals surface area (Å²) in [5.41, 5.74) is 1.48. The van der Waals surface area contributed by atoms with Gasteiger partial charge in [-0.3, -0.25) is 9.69 Å². The van der Waals surface area contributed by atoms with E-state index in [0.29, 0.717) is 18.2 Å². The molecule has 3 aliphatic heterocycles. The Kier molecular flexibility index (Phi) is 4.93. The second-order valence-electron chi connectivity index (χ2n) is 7.76. The molecule has 0 unspecified atom stereocenters. The van der Waals surface area contributed by atoms with Gasteiger partial charge in [0.1, 0.15) is 0 Å². The van der Waals surface area contributed by atoms with Crippen LogP contribution in [0.15, 0.2) is 16.8 Å². The van der Waals surface area contributed by atoms with E-state index < -0.39 is 0 Å².